The fourth-order valence-corrected chi connectivity index (χ4v) is 1.26. The highest BCUT2D eigenvalue weighted by molar-refractivity contribution is 5.34. The van der Waals surface area contributed by atoms with Crippen LogP contribution in [0.2, 0.25) is 0 Å². The Morgan fingerprint density at radius 3 is 2.64 bits per heavy atom. The molecule has 1 N–H and O–H groups in total. The Hall–Kier alpha value is -1.68. The molecule has 1 heterocycles. The maximum Gasteiger partial charge on any atom is 0.0860 e. The molecular formula is C10H11N3O. The molecule has 14 heavy (non-hydrogen) atoms. The van der Waals surface area contributed by atoms with Gasteiger partial charge in [0.15, 0.2) is 0 Å². The Morgan fingerprint density at radius 1 is 1.29 bits per heavy atom. The molecule has 1 atom stereocenters. The van der Waals surface area contributed by atoms with E-state index in [2.05, 4.69) is 10.2 Å². The Bertz CT molecular complexity index is 409. The van der Waals surface area contributed by atoms with Gasteiger partial charge in [-0.3, -0.25) is 0 Å². The normalized spacial score (nSPS) is 12.7. The largest absolute Gasteiger partial charge is 0.389 e. The van der Waals surface area contributed by atoms with Crippen LogP contribution in [0.15, 0.2) is 36.7 Å². The van der Waals surface area contributed by atoms with Gasteiger partial charge < -0.3 is 5.11 Å². The molecule has 1 unspecified atom stereocenters. The molecule has 2 rings (SSSR count). The number of hydrogen-bond acceptors (Lipinski definition) is 3. The standard InChI is InChI=1S/C10H11N3O/c1-8(14)9-3-2-4-10(7-9)13-11-5-6-12-13/h2-8,14H,1H3. The highest BCUT2D eigenvalue weighted by Gasteiger charge is 2.03. The average Bonchev–Trinajstić information content (AvgIpc) is 2.71. The van der Waals surface area contributed by atoms with Gasteiger partial charge in [-0.05, 0) is 24.6 Å². The van der Waals surface area contributed by atoms with Gasteiger partial charge >= 0.3 is 0 Å². The molecule has 4 heteroatoms. The molecule has 0 saturated carbocycles. The molecule has 0 aliphatic carbocycles. The molecule has 1 aromatic carbocycles. The minimum Gasteiger partial charge on any atom is -0.389 e. The van der Waals surface area contributed by atoms with Crippen molar-refractivity contribution in [3.05, 3.63) is 42.2 Å². The van der Waals surface area contributed by atoms with Gasteiger partial charge in [0.05, 0.1) is 24.2 Å². The molecule has 0 aliphatic rings. The lowest BCUT2D eigenvalue weighted by Gasteiger charge is -2.06. The zero-order chi connectivity index (χ0) is 9.97. The lowest BCUT2D eigenvalue weighted by Crippen LogP contribution is -2.00. The molecule has 0 radical (unpaired) electrons. The van der Waals surface area contributed by atoms with Crippen molar-refractivity contribution in [2.75, 3.05) is 0 Å². The molecule has 0 fully saturated rings. The van der Waals surface area contributed by atoms with Crippen molar-refractivity contribution >= 4 is 0 Å². The van der Waals surface area contributed by atoms with Gasteiger partial charge in [0.25, 0.3) is 0 Å². The van der Waals surface area contributed by atoms with E-state index in [4.69, 9.17) is 0 Å². The third kappa shape index (κ3) is 1.65. The fourth-order valence-electron chi connectivity index (χ4n) is 1.26. The van der Waals surface area contributed by atoms with Crippen molar-refractivity contribution in [3.8, 4) is 5.69 Å². The van der Waals surface area contributed by atoms with E-state index >= 15 is 0 Å². The summed E-state index contributed by atoms with van der Waals surface area (Å²) in [6, 6.07) is 7.51. The van der Waals surface area contributed by atoms with E-state index in [0.717, 1.165) is 11.3 Å². The summed E-state index contributed by atoms with van der Waals surface area (Å²) in [4.78, 5) is 1.52. The van der Waals surface area contributed by atoms with Crippen molar-refractivity contribution in [3.63, 3.8) is 0 Å². The van der Waals surface area contributed by atoms with E-state index in [-0.39, 0.29) is 0 Å². The molecule has 1 aromatic heterocycles. The predicted molar refractivity (Wildman–Crippen MR) is 52.0 cm³/mol. The molecule has 0 aliphatic heterocycles. The highest BCUT2D eigenvalue weighted by atomic mass is 16.3. The maximum atomic E-state index is 9.40. The quantitative estimate of drug-likeness (QED) is 0.775. The van der Waals surface area contributed by atoms with Crippen LogP contribution in [0, 0.1) is 0 Å². The van der Waals surface area contributed by atoms with Gasteiger partial charge in [-0.2, -0.15) is 15.0 Å². The van der Waals surface area contributed by atoms with Crippen LogP contribution < -0.4 is 0 Å². The van der Waals surface area contributed by atoms with Crippen LogP contribution in [0.3, 0.4) is 0 Å². The van der Waals surface area contributed by atoms with E-state index in [1.807, 2.05) is 24.3 Å². The molecular weight excluding hydrogens is 178 g/mol. The van der Waals surface area contributed by atoms with Gasteiger partial charge in [-0.25, -0.2) is 0 Å². The van der Waals surface area contributed by atoms with Crippen LogP contribution in [0.5, 0.6) is 0 Å². The Labute approximate surface area is 81.8 Å². The van der Waals surface area contributed by atoms with Crippen LogP contribution >= 0.6 is 0 Å². The first-order valence-corrected chi connectivity index (χ1v) is 4.42. The van der Waals surface area contributed by atoms with Crippen LogP contribution in [-0.2, 0) is 0 Å². The number of hydrogen-bond donors (Lipinski definition) is 1. The Morgan fingerprint density at radius 2 is 2.00 bits per heavy atom. The van der Waals surface area contributed by atoms with Gasteiger partial charge in [0.1, 0.15) is 0 Å². The van der Waals surface area contributed by atoms with Gasteiger partial charge in [0.2, 0.25) is 0 Å². The van der Waals surface area contributed by atoms with E-state index in [0.29, 0.717) is 0 Å². The number of aliphatic hydroxyl groups is 1. The van der Waals surface area contributed by atoms with Crippen LogP contribution in [0.1, 0.15) is 18.6 Å². The second-order valence-electron chi connectivity index (χ2n) is 3.09. The zero-order valence-electron chi connectivity index (χ0n) is 7.83. The topological polar surface area (TPSA) is 50.9 Å². The first-order valence-electron chi connectivity index (χ1n) is 4.42. The van der Waals surface area contributed by atoms with Crippen molar-refractivity contribution in [2.24, 2.45) is 0 Å². The average molecular weight is 189 g/mol. The van der Waals surface area contributed by atoms with Crippen molar-refractivity contribution in [1.29, 1.82) is 0 Å². The third-order valence-corrected chi connectivity index (χ3v) is 2.00. The van der Waals surface area contributed by atoms with Crippen LogP contribution in [0.4, 0.5) is 0 Å². The first-order chi connectivity index (χ1) is 6.77. The third-order valence-electron chi connectivity index (χ3n) is 2.00. The lowest BCUT2D eigenvalue weighted by atomic mass is 10.1. The number of aliphatic hydroxyl groups excluding tert-OH is 1. The summed E-state index contributed by atoms with van der Waals surface area (Å²) in [5.41, 5.74) is 1.72. The Balaban J connectivity index is 2.41. The molecule has 0 spiro atoms. The second kappa shape index (κ2) is 3.59. The smallest absolute Gasteiger partial charge is 0.0860 e. The maximum absolute atomic E-state index is 9.40. The zero-order valence-corrected chi connectivity index (χ0v) is 7.83. The SMILES string of the molecule is CC(O)c1cccc(-n2nccn2)c1. The molecule has 2 aromatic rings. The number of aromatic nitrogens is 3. The molecule has 4 nitrogen and oxygen atoms in total. The second-order valence-corrected chi connectivity index (χ2v) is 3.09. The minimum absolute atomic E-state index is 0.467. The predicted octanol–water partition coefficient (Wildman–Crippen LogP) is 1.32. The fraction of sp³-hybridized carbons (Fsp3) is 0.200. The number of rotatable bonds is 2. The summed E-state index contributed by atoms with van der Waals surface area (Å²) >= 11 is 0. The van der Waals surface area contributed by atoms with E-state index in [1.54, 1.807) is 19.3 Å². The summed E-state index contributed by atoms with van der Waals surface area (Å²) in [6.45, 7) is 1.73. The van der Waals surface area contributed by atoms with Crippen molar-refractivity contribution in [1.82, 2.24) is 15.0 Å². The number of nitrogens with zero attached hydrogens (tertiary/aromatic N) is 3. The first kappa shape index (κ1) is 8.90. The summed E-state index contributed by atoms with van der Waals surface area (Å²) < 4.78 is 0. The molecule has 0 amide bonds. The van der Waals surface area contributed by atoms with E-state index < -0.39 is 6.10 Å². The van der Waals surface area contributed by atoms with Crippen molar-refractivity contribution in [2.45, 2.75) is 13.0 Å². The minimum atomic E-state index is -0.467. The lowest BCUT2D eigenvalue weighted by molar-refractivity contribution is 0.199. The van der Waals surface area contributed by atoms with E-state index in [9.17, 15) is 5.11 Å². The summed E-state index contributed by atoms with van der Waals surface area (Å²) in [6.07, 6.45) is 2.77. The van der Waals surface area contributed by atoms with E-state index in [1.165, 1.54) is 4.80 Å². The van der Waals surface area contributed by atoms with Crippen LogP contribution in [0.25, 0.3) is 5.69 Å². The molecule has 0 bridgehead atoms. The number of benzene rings is 1. The molecule has 0 saturated heterocycles. The highest BCUT2D eigenvalue weighted by Crippen LogP contribution is 2.14. The molecule has 72 valence electrons. The van der Waals surface area contributed by atoms with Gasteiger partial charge in [-0.1, -0.05) is 12.1 Å². The van der Waals surface area contributed by atoms with Crippen molar-refractivity contribution < 1.29 is 5.11 Å². The van der Waals surface area contributed by atoms with Gasteiger partial charge in [-0.15, -0.1) is 0 Å². The summed E-state index contributed by atoms with van der Waals surface area (Å²) in [5.74, 6) is 0. The monoisotopic (exact) mass is 189 g/mol. The van der Waals surface area contributed by atoms with Crippen LogP contribution in [-0.4, -0.2) is 20.1 Å². The summed E-state index contributed by atoms with van der Waals surface area (Å²) in [7, 11) is 0. The summed E-state index contributed by atoms with van der Waals surface area (Å²) in [5, 5.41) is 17.4. The Kier molecular flexibility index (Phi) is 2.28. The van der Waals surface area contributed by atoms with Gasteiger partial charge in [0, 0.05) is 0 Å².